The molecule has 0 saturated heterocycles. The molecule has 0 unspecified atom stereocenters. The summed E-state index contributed by atoms with van der Waals surface area (Å²) in [5.41, 5.74) is 6.00. The van der Waals surface area contributed by atoms with Crippen molar-refractivity contribution in [2.45, 2.75) is 37.7 Å². The van der Waals surface area contributed by atoms with Gasteiger partial charge in [0, 0.05) is 11.8 Å². The summed E-state index contributed by atoms with van der Waals surface area (Å²) in [6.45, 7) is 0. The maximum Gasteiger partial charge on any atom is 0.129 e. The van der Waals surface area contributed by atoms with Gasteiger partial charge in [-0.1, -0.05) is 11.6 Å². The molecule has 1 aromatic heterocycles. The minimum Gasteiger partial charge on any atom is -0.384 e. The fourth-order valence-corrected chi connectivity index (χ4v) is 5.27. The van der Waals surface area contributed by atoms with Crippen LogP contribution in [-0.2, 0) is 5.60 Å². The van der Waals surface area contributed by atoms with E-state index in [2.05, 4.69) is 4.98 Å². The maximum absolute atomic E-state index is 11.4. The van der Waals surface area contributed by atoms with Crippen molar-refractivity contribution in [3.8, 4) is 0 Å². The third kappa shape index (κ3) is 1.58. The van der Waals surface area contributed by atoms with Crippen molar-refractivity contribution in [2.24, 2.45) is 23.7 Å². The molecule has 3 nitrogen and oxygen atoms in total. The molecule has 4 fully saturated rings. The van der Waals surface area contributed by atoms with E-state index in [1.54, 1.807) is 6.20 Å². The minimum atomic E-state index is -0.796. The number of aromatic nitrogens is 1. The fraction of sp³-hybridized carbons (Fsp3) is 0.667. The lowest BCUT2D eigenvalue weighted by atomic mass is 9.48. The average Bonchev–Trinajstić information content (AvgIpc) is 2.38. The van der Waals surface area contributed by atoms with E-state index in [-0.39, 0.29) is 0 Å². The van der Waals surface area contributed by atoms with E-state index in [0.29, 0.717) is 22.7 Å². The van der Waals surface area contributed by atoms with E-state index in [0.717, 1.165) is 43.1 Å². The number of nitrogens with two attached hydrogens (primary N) is 1. The lowest BCUT2D eigenvalue weighted by Crippen LogP contribution is -2.55. The zero-order valence-corrected chi connectivity index (χ0v) is 11.6. The number of hydrogen-bond donors (Lipinski definition) is 2. The van der Waals surface area contributed by atoms with E-state index < -0.39 is 5.60 Å². The van der Waals surface area contributed by atoms with Crippen molar-refractivity contribution in [3.05, 3.63) is 22.8 Å². The predicted octanol–water partition coefficient (Wildman–Crippen LogP) is 2.96. The number of rotatable bonds is 1. The molecule has 1 heterocycles. The molecule has 1 aromatic rings. The summed E-state index contributed by atoms with van der Waals surface area (Å²) in [6.07, 6.45) is 7.46. The van der Waals surface area contributed by atoms with Crippen LogP contribution in [0.1, 0.15) is 37.7 Å². The van der Waals surface area contributed by atoms with Crippen LogP contribution in [0.3, 0.4) is 0 Å². The Labute approximate surface area is 118 Å². The average molecular weight is 279 g/mol. The lowest BCUT2D eigenvalue weighted by molar-refractivity contribution is -0.179. The van der Waals surface area contributed by atoms with Gasteiger partial charge in [-0.25, -0.2) is 4.98 Å². The van der Waals surface area contributed by atoms with Gasteiger partial charge in [0.05, 0.1) is 10.6 Å². The number of nitrogen functional groups attached to an aromatic ring is 1. The smallest absolute Gasteiger partial charge is 0.129 e. The van der Waals surface area contributed by atoms with Gasteiger partial charge in [0.25, 0.3) is 0 Å². The summed E-state index contributed by atoms with van der Waals surface area (Å²) in [6, 6.07) is 1.83. The minimum absolute atomic E-state index is 0.339. The molecule has 0 radical (unpaired) electrons. The number of nitrogens with zero attached hydrogens (tertiary/aromatic N) is 1. The van der Waals surface area contributed by atoms with Crippen LogP contribution in [-0.4, -0.2) is 10.1 Å². The van der Waals surface area contributed by atoms with Gasteiger partial charge in [0.15, 0.2) is 0 Å². The standard InChI is InChI=1S/C15H19ClN2O/c16-12-6-13(14(17)18-7-12)15(19)10-2-8-1-9(4-10)5-11(15)3-8/h6-11,19H,1-5H2,(H2,17,18). The first-order valence-electron chi connectivity index (χ1n) is 7.21. The van der Waals surface area contributed by atoms with E-state index >= 15 is 0 Å². The van der Waals surface area contributed by atoms with Gasteiger partial charge in [-0.2, -0.15) is 0 Å². The van der Waals surface area contributed by atoms with Gasteiger partial charge >= 0.3 is 0 Å². The van der Waals surface area contributed by atoms with Crippen LogP contribution in [0.4, 0.5) is 5.82 Å². The number of aliphatic hydroxyl groups is 1. The Morgan fingerprint density at radius 2 is 1.74 bits per heavy atom. The third-order valence-electron chi connectivity index (χ3n) is 5.70. The highest BCUT2D eigenvalue weighted by Gasteiger charge is 2.57. The molecule has 3 N–H and O–H groups in total. The highest BCUT2D eigenvalue weighted by Crippen LogP contribution is 2.62. The van der Waals surface area contributed by atoms with Crippen molar-refractivity contribution >= 4 is 17.4 Å². The molecule has 0 spiro atoms. The van der Waals surface area contributed by atoms with Crippen molar-refractivity contribution in [2.75, 3.05) is 5.73 Å². The third-order valence-corrected chi connectivity index (χ3v) is 5.91. The van der Waals surface area contributed by atoms with Gasteiger partial charge < -0.3 is 10.8 Å². The van der Waals surface area contributed by atoms with Gasteiger partial charge in [-0.3, -0.25) is 0 Å². The van der Waals surface area contributed by atoms with Crippen LogP contribution in [0, 0.1) is 23.7 Å². The van der Waals surface area contributed by atoms with Crippen molar-refractivity contribution in [1.82, 2.24) is 4.98 Å². The molecule has 0 aliphatic heterocycles. The van der Waals surface area contributed by atoms with E-state index in [1.807, 2.05) is 6.07 Å². The number of hydrogen-bond acceptors (Lipinski definition) is 3. The molecule has 102 valence electrons. The molecule has 4 saturated carbocycles. The quantitative estimate of drug-likeness (QED) is 0.830. The highest BCUT2D eigenvalue weighted by atomic mass is 35.5. The molecule has 0 amide bonds. The molecular formula is C15H19ClN2O. The monoisotopic (exact) mass is 278 g/mol. The van der Waals surface area contributed by atoms with Crippen molar-refractivity contribution in [1.29, 1.82) is 0 Å². The van der Waals surface area contributed by atoms with Gasteiger partial charge in [0.1, 0.15) is 5.82 Å². The molecular weight excluding hydrogens is 260 g/mol. The summed E-state index contributed by atoms with van der Waals surface area (Å²) in [4.78, 5) is 4.14. The fourth-order valence-electron chi connectivity index (χ4n) is 5.11. The summed E-state index contributed by atoms with van der Waals surface area (Å²) >= 11 is 6.06. The number of anilines is 1. The van der Waals surface area contributed by atoms with Crippen LogP contribution in [0.2, 0.25) is 5.02 Å². The highest BCUT2D eigenvalue weighted by molar-refractivity contribution is 6.30. The zero-order chi connectivity index (χ0) is 13.2. The second-order valence-corrected chi connectivity index (χ2v) is 7.15. The Balaban J connectivity index is 1.82. The first-order chi connectivity index (χ1) is 9.07. The largest absolute Gasteiger partial charge is 0.384 e. The molecule has 0 aromatic carbocycles. The van der Waals surface area contributed by atoms with Crippen molar-refractivity contribution < 1.29 is 5.11 Å². The Morgan fingerprint density at radius 1 is 1.16 bits per heavy atom. The van der Waals surface area contributed by atoms with Crippen LogP contribution < -0.4 is 5.73 Å². The van der Waals surface area contributed by atoms with E-state index in [1.165, 1.54) is 6.42 Å². The van der Waals surface area contributed by atoms with E-state index in [9.17, 15) is 5.11 Å². The molecule has 0 atom stereocenters. The zero-order valence-electron chi connectivity index (χ0n) is 10.8. The van der Waals surface area contributed by atoms with Crippen LogP contribution in [0.25, 0.3) is 0 Å². The predicted molar refractivity (Wildman–Crippen MR) is 74.6 cm³/mol. The maximum atomic E-state index is 11.4. The second kappa shape index (κ2) is 3.86. The molecule has 4 aliphatic rings. The lowest BCUT2D eigenvalue weighted by Gasteiger charge is -2.59. The summed E-state index contributed by atoms with van der Waals surface area (Å²) in [5, 5.41) is 11.9. The summed E-state index contributed by atoms with van der Waals surface area (Å²) in [7, 11) is 0. The Kier molecular flexibility index (Phi) is 2.43. The van der Waals surface area contributed by atoms with Crippen LogP contribution >= 0.6 is 11.6 Å². The molecule has 5 rings (SSSR count). The van der Waals surface area contributed by atoms with E-state index in [4.69, 9.17) is 17.3 Å². The summed E-state index contributed by atoms with van der Waals surface area (Å²) < 4.78 is 0. The van der Waals surface area contributed by atoms with Gasteiger partial charge in [0.2, 0.25) is 0 Å². The van der Waals surface area contributed by atoms with Crippen molar-refractivity contribution in [3.63, 3.8) is 0 Å². The Bertz CT molecular complexity index is 503. The second-order valence-electron chi connectivity index (χ2n) is 6.72. The Hall–Kier alpha value is -0.800. The molecule has 4 bridgehead atoms. The number of pyridine rings is 1. The normalized spacial score (nSPS) is 43.7. The van der Waals surface area contributed by atoms with Gasteiger partial charge in [-0.15, -0.1) is 0 Å². The summed E-state index contributed by atoms with van der Waals surface area (Å²) in [5.74, 6) is 2.75. The first-order valence-corrected chi connectivity index (χ1v) is 7.59. The van der Waals surface area contributed by atoms with Crippen LogP contribution in [0.5, 0.6) is 0 Å². The molecule has 4 aliphatic carbocycles. The van der Waals surface area contributed by atoms with Crippen LogP contribution in [0.15, 0.2) is 12.3 Å². The molecule has 4 heteroatoms. The topological polar surface area (TPSA) is 59.1 Å². The Morgan fingerprint density at radius 3 is 2.32 bits per heavy atom. The SMILES string of the molecule is Nc1ncc(Cl)cc1C1(O)C2CC3CC(C2)CC1C3. The molecule has 19 heavy (non-hydrogen) atoms. The first kappa shape index (κ1) is 12.0. The number of halogens is 1. The van der Waals surface area contributed by atoms with Gasteiger partial charge in [-0.05, 0) is 61.8 Å².